The number of aliphatic hydroxyl groups excluding tert-OH is 1. The Labute approximate surface area is 324 Å². The van der Waals surface area contributed by atoms with Crippen molar-refractivity contribution >= 4 is 40.9 Å². The Morgan fingerprint density at radius 2 is 1.55 bits per heavy atom. The highest BCUT2D eigenvalue weighted by Gasteiger charge is 2.32. The average Bonchev–Trinajstić information content (AvgIpc) is 3.22. The van der Waals surface area contributed by atoms with Crippen LogP contribution in [0.4, 0.5) is 11.4 Å². The molecule has 3 atom stereocenters. The van der Waals surface area contributed by atoms with Crippen molar-refractivity contribution in [1.29, 1.82) is 0 Å². The first kappa shape index (κ1) is 39.2. The molecule has 0 saturated carbocycles. The van der Waals surface area contributed by atoms with Gasteiger partial charge in [-0.3, -0.25) is 9.59 Å². The van der Waals surface area contributed by atoms with Crippen LogP contribution in [0.2, 0.25) is 0 Å². The minimum Gasteiger partial charge on any atom is -0.478 e. The predicted octanol–water partition coefficient (Wildman–Crippen LogP) is 7.67. The van der Waals surface area contributed by atoms with Crippen LogP contribution in [-0.2, 0) is 32.2 Å². The number of carboxylic acid groups (broad SMARTS) is 1. The summed E-state index contributed by atoms with van der Waals surface area (Å²) in [5.74, 6) is -0.754. The Kier molecular flexibility index (Phi) is 13.7. The Morgan fingerprint density at radius 3 is 2.29 bits per heavy atom. The zero-order chi connectivity index (χ0) is 38.6. The molecule has 1 aromatic heterocycles. The molecule has 6 rings (SSSR count). The van der Waals surface area contributed by atoms with Crippen molar-refractivity contribution < 1.29 is 34.1 Å². The molecule has 1 aliphatic rings. The smallest absolute Gasteiger partial charge is 0.338 e. The molecular weight excluding hydrogens is 717 g/mol. The van der Waals surface area contributed by atoms with Crippen molar-refractivity contribution in [3.8, 4) is 11.1 Å². The fraction of sp³-hybridized carbons (Fsp3) is 0.256. The second-order valence-corrected chi connectivity index (χ2v) is 14.3. The number of nitrogens with two attached hydrogens (primary N) is 1. The first-order valence-electron chi connectivity index (χ1n) is 18.2. The lowest BCUT2D eigenvalue weighted by Crippen LogP contribution is -2.31. The van der Waals surface area contributed by atoms with E-state index in [-0.39, 0.29) is 36.2 Å². The number of thioether (sulfide) groups is 1. The van der Waals surface area contributed by atoms with Crippen molar-refractivity contribution in [2.24, 2.45) is 0 Å². The Hall–Kier alpha value is -5.53. The van der Waals surface area contributed by atoms with Crippen LogP contribution in [-0.4, -0.2) is 44.8 Å². The molecule has 12 heteroatoms. The third-order valence-corrected chi connectivity index (χ3v) is 10.4. The summed E-state index contributed by atoms with van der Waals surface area (Å²) in [4.78, 5) is 40.9. The highest BCUT2D eigenvalue weighted by molar-refractivity contribution is 7.99. The quantitative estimate of drug-likeness (QED) is 0.0382. The number of ether oxygens (including phenoxy) is 2. The molecule has 1 saturated heterocycles. The van der Waals surface area contributed by atoms with Gasteiger partial charge in [0.1, 0.15) is 5.03 Å². The van der Waals surface area contributed by atoms with E-state index in [9.17, 15) is 24.6 Å². The second-order valence-electron chi connectivity index (χ2n) is 13.3. The number of anilines is 2. The topological polar surface area (TPSA) is 173 Å². The lowest BCUT2D eigenvalue weighted by molar-refractivity contribution is -0.245. The summed E-state index contributed by atoms with van der Waals surface area (Å²) >= 11 is 1.35. The van der Waals surface area contributed by atoms with Gasteiger partial charge in [-0.2, -0.15) is 0 Å². The number of nitrogen functional groups attached to an aromatic ring is 1. The van der Waals surface area contributed by atoms with E-state index in [4.69, 9.17) is 15.2 Å². The fourth-order valence-electron chi connectivity index (χ4n) is 6.24. The maximum atomic E-state index is 12.6. The van der Waals surface area contributed by atoms with E-state index < -0.39 is 12.3 Å². The molecule has 0 bridgehead atoms. The summed E-state index contributed by atoms with van der Waals surface area (Å²) in [5.41, 5.74) is 12.7. The lowest BCUT2D eigenvalue weighted by Gasteiger charge is -2.36. The van der Waals surface area contributed by atoms with Gasteiger partial charge in [0.05, 0.1) is 35.8 Å². The molecule has 5 aromatic rings. The molecule has 1 fully saturated rings. The summed E-state index contributed by atoms with van der Waals surface area (Å²) in [6.07, 6.45) is 2.74. The number of rotatable bonds is 16. The number of hydrogen-bond donors (Lipinski definition) is 5. The van der Waals surface area contributed by atoms with Gasteiger partial charge in [-0.15, -0.1) is 11.8 Å². The molecule has 2 amide bonds. The van der Waals surface area contributed by atoms with E-state index in [0.717, 1.165) is 33.4 Å². The number of aromatic nitrogens is 1. The molecule has 0 aliphatic carbocycles. The summed E-state index contributed by atoms with van der Waals surface area (Å²) < 4.78 is 13.0. The number of hydrogen-bond acceptors (Lipinski definition) is 9. The van der Waals surface area contributed by atoms with Gasteiger partial charge in [-0.25, -0.2) is 9.78 Å². The number of nitrogens with zero attached hydrogens (tertiary/aromatic N) is 1. The lowest BCUT2D eigenvalue weighted by atomic mass is 9.99. The molecule has 2 heterocycles. The first-order chi connectivity index (χ1) is 26.7. The van der Waals surface area contributed by atoms with Gasteiger partial charge in [0, 0.05) is 43.3 Å². The molecule has 284 valence electrons. The molecule has 0 spiro atoms. The standard InChI is InChI=1S/C43H44N4O7S/c44-36-10-1-2-11-37(36)47-40(50)13-4-3-12-39(49)46-25-29-7-5-8-33(23-29)30-18-20-32(21-19-30)43-53-34(27-55-41-35(42(51)52)9-6-22-45-41)24-38(54-43)31-16-14-28(26-48)15-17-31/h1-2,5-11,14-23,34,38,43,48H,3-4,12-13,24-27,44H2,(H,46,49)(H,47,50)(H,51,52). The average molecular weight is 761 g/mol. The number of para-hydroxylation sites is 2. The van der Waals surface area contributed by atoms with Crippen LogP contribution in [0.1, 0.15) is 77.1 Å². The number of carbonyl (C=O) groups excluding carboxylic acids is 2. The van der Waals surface area contributed by atoms with Crippen molar-refractivity contribution in [1.82, 2.24) is 10.3 Å². The number of carboxylic acids is 1. The number of benzene rings is 4. The Bertz CT molecular complexity index is 2080. The van der Waals surface area contributed by atoms with Crippen LogP contribution in [0.5, 0.6) is 0 Å². The van der Waals surface area contributed by atoms with Crippen LogP contribution in [0, 0.1) is 0 Å². The Morgan fingerprint density at radius 1 is 0.800 bits per heavy atom. The second kappa shape index (κ2) is 19.2. The van der Waals surface area contributed by atoms with Crippen molar-refractivity contribution in [2.45, 2.75) is 68.8 Å². The molecule has 0 radical (unpaired) electrons. The van der Waals surface area contributed by atoms with Crippen LogP contribution >= 0.6 is 11.8 Å². The maximum Gasteiger partial charge on any atom is 0.338 e. The molecule has 1 aliphatic heterocycles. The van der Waals surface area contributed by atoms with E-state index in [0.29, 0.717) is 60.8 Å². The third kappa shape index (κ3) is 11.0. The number of carbonyl (C=O) groups is 3. The zero-order valence-corrected chi connectivity index (χ0v) is 31.0. The molecule has 6 N–H and O–H groups in total. The fourth-order valence-corrected chi connectivity index (χ4v) is 7.25. The van der Waals surface area contributed by atoms with Gasteiger partial charge >= 0.3 is 5.97 Å². The number of unbranched alkanes of at least 4 members (excludes halogenated alkanes) is 1. The number of aliphatic hydroxyl groups is 1. The third-order valence-electron chi connectivity index (χ3n) is 9.25. The molecule has 3 unspecified atom stereocenters. The minimum absolute atomic E-state index is 0.0494. The van der Waals surface area contributed by atoms with E-state index in [1.807, 2.05) is 84.9 Å². The van der Waals surface area contributed by atoms with Gasteiger partial charge in [0.15, 0.2) is 6.29 Å². The molecule has 55 heavy (non-hydrogen) atoms. The van der Waals surface area contributed by atoms with Crippen molar-refractivity contribution in [2.75, 3.05) is 16.8 Å². The summed E-state index contributed by atoms with van der Waals surface area (Å²) in [6, 6.07) is 33.9. The van der Waals surface area contributed by atoms with Crippen LogP contribution in [0.25, 0.3) is 11.1 Å². The van der Waals surface area contributed by atoms with E-state index >= 15 is 0 Å². The Balaban J connectivity index is 1.04. The van der Waals surface area contributed by atoms with E-state index in [1.54, 1.807) is 30.5 Å². The van der Waals surface area contributed by atoms with Crippen LogP contribution in [0.3, 0.4) is 0 Å². The largest absolute Gasteiger partial charge is 0.478 e. The zero-order valence-electron chi connectivity index (χ0n) is 30.2. The van der Waals surface area contributed by atoms with Gasteiger partial charge in [-0.1, -0.05) is 78.9 Å². The van der Waals surface area contributed by atoms with Gasteiger partial charge < -0.3 is 36.1 Å². The van der Waals surface area contributed by atoms with Crippen molar-refractivity contribution in [3.05, 3.63) is 143 Å². The highest BCUT2D eigenvalue weighted by Crippen LogP contribution is 2.40. The van der Waals surface area contributed by atoms with Crippen molar-refractivity contribution in [3.63, 3.8) is 0 Å². The number of aromatic carboxylic acids is 1. The maximum absolute atomic E-state index is 12.6. The summed E-state index contributed by atoms with van der Waals surface area (Å²) in [5, 5.41) is 25.4. The number of pyridine rings is 1. The van der Waals surface area contributed by atoms with Crippen LogP contribution < -0.4 is 16.4 Å². The SMILES string of the molecule is Nc1ccccc1NC(=O)CCCCC(=O)NCc1cccc(-c2ccc(C3OC(CSc4ncccc4C(=O)O)CC(c4ccc(CO)cc4)O3)cc2)c1. The predicted molar refractivity (Wildman–Crippen MR) is 212 cm³/mol. The molecule has 4 aromatic carbocycles. The molecular formula is C43H44N4O7S. The van der Waals surface area contributed by atoms with Gasteiger partial charge in [0.2, 0.25) is 11.8 Å². The van der Waals surface area contributed by atoms with Gasteiger partial charge in [0.25, 0.3) is 0 Å². The van der Waals surface area contributed by atoms with Crippen LogP contribution in [0.15, 0.2) is 120 Å². The van der Waals surface area contributed by atoms with Gasteiger partial charge in [-0.05, 0) is 71.0 Å². The highest BCUT2D eigenvalue weighted by atomic mass is 32.2. The number of amides is 2. The minimum atomic E-state index is -1.03. The normalized spacial score (nSPS) is 16.6. The summed E-state index contributed by atoms with van der Waals surface area (Å²) in [6.45, 7) is 0.334. The number of nitrogens with one attached hydrogen (secondary N) is 2. The van der Waals surface area contributed by atoms with E-state index in [1.165, 1.54) is 11.8 Å². The monoisotopic (exact) mass is 760 g/mol. The van der Waals surface area contributed by atoms with E-state index in [2.05, 4.69) is 15.6 Å². The molecule has 11 nitrogen and oxygen atoms in total. The first-order valence-corrected chi connectivity index (χ1v) is 19.2. The summed E-state index contributed by atoms with van der Waals surface area (Å²) in [7, 11) is 0.